The minimum Gasteiger partial charge on any atom is -0.315 e. The second-order valence-electron chi connectivity index (χ2n) is 4.89. The highest BCUT2D eigenvalue weighted by molar-refractivity contribution is 7.09. The summed E-state index contributed by atoms with van der Waals surface area (Å²) in [4.78, 5) is 6.93. The Balaban J connectivity index is 2.55. The first kappa shape index (κ1) is 14.6. The topological polar surface area (TPSA) is 28.2 Å². The van der Waals surface area contributed by atoms with Crippen molar-refractivity contribution in [1.82, 2.24) is 15.2 Å². The summed E-state index contributed by atoms with van der Waals surface area (Å²) >= 11 is 1.73. The zero-order valence-corrected chi connectivity index (χ0v) is 12.5. The summed E-state index contributed by atoms with van der Waals surface area (Å²) in [6.07, 6.45) is 0. The van der Waals surface area contributed by atoms with Gasteiger partial charge in [-0.15, -0.1) is 11.3 Å². The maximum atomic E-state index is 4.53. The van der Waals surface area contributed by atoms with Crippen molar-refractivity contribution in [3.8, 4) is 0 Å². The van der Waals surface area contributed by atoms with Gasteiger partial charge in [0.25, 0.3) is 0 Å². The lowest BCUT2D eigenvalue weighted by atomic mass is 10.0. The van der Waals surface area contributed by atoms with Crippen molar-refractivity contribution >= 4 is 11.3 Å². The van der Waals surface area contributed by atoms with Crippen LogP contribution >= 0.6 is 11.3 Å². The van der Waals surface area contributed by atoms with Gasteiger partial charge in [-0.05, 0) is 26.4 Å². The molecule has 98 valence electrons. The fraction of sp³-hybridized carbons (Fsp3) is 0.769. The van der Waals surface area contributed by atoms with Gasteiger partial charge in [0.2, 0.25) is 0 Å². The standard InChI is InChI=1S/C13H25N3S/c1-6-14-7-13(10(2)3)16(5)8-12-9-17-11(4)15-12/h9-10,13-14H,6-8H2,1-5H3. The number of thiazole rings is 1. The van der Waals surface area contributed by atoms with Crippen molar-refractivity contribution in [2.24, 2.45) is 5.92 Å². The van der Waals surface area contributed by atoms with E-state index in [1.54, 1.807) is 11.3 Å². The summed E-state index contributed by atoms with van der Waals surface area (Å²) < 4.78 is 0. The molecule has 1 rings (SSSR count). The van der Waals surface area contributed by atoms with Crippen LogP contribution in [0.15, 0.2) is 5.38 Å². The minimum atomic E-state index is 0.567. The number of hydrogen-bond acceptors (Lipinski definition) is 4. The summed E-state index contributed by atoms with van der Waals surface area (Å²) in [5.74, 6) is 0.652. The number of aryl methyl sites for hydroxylation is 1. The third kappa shape index (κ3) is 4.74. The molecule has 4 heteroatoms. The minimum absolute atomic E-state index is 0.567. The van der Waals surface area contributed by atoms with Gasteiger partial charge in [0, 0.05) is 24.5 Å². The normalized spacial score (nSPS) is 13.6. The van der Waals surface area contributed by atoms with E-state index >= 15 is 0 Å². The van der Waals surface area contributed by atoms with Crippen LogP contribution in [0.25, 0.3) is 0 Å². The number of likely N-dealkylation sites (N-methyl/N-ethyl adjacent to an activating group) is 2. The second-order valence-corrected chi connectivity index (χ2v) is 5.95. The quantitative estimate of drug-likeness (QED) is 0.811. The van der Waals surface area contributed by atoms with Crippen LogP contribution in [0.5, 0.6) is 0 Å². The molecule has 0 saturated heterocycles. The smallest absolute Gasteiger partial charge is 0.0897 e. The lowest BCUT2D eigenvalue weighted by molar-refractivity contribution is 0.179. The first-order valence-corrected chi connectivity index (χ1v) is 7.24. The summed E-state index contributed by atoms with van der Waals surface area (Å²) in [6, 6.07) is 0.567. The van der Waals surface area contributed by atoms with Crippen LogP contribution in [0, 0.1) is 12.8 Å². The molecule has 0 aliphatic carbocycles. The number of rotatable bonds is 7. The maximum absolute atomic E-state index is 4.53. The molecular weight excluding hydrogens is 230 g/mol. The van der Waals surface area contributed by atoms with Crippen LogP contribution in [0.1, 0.15) is 31.5 Å². The largest absolute Gasteiger partial charge is 0.315 e. The zero-order chi connectivity index (χ0) is 12.8. The van der Waals surface area contributed by atoms with Crippen molar-refractivity contribution in [3.63, 3.8) is 0 Å². The highest BCUT2D eigenvalue weighted by Crippen LogP contribution is 2.14. The Morgan fingerprint density at radius 2 is 2.18 bits per heavy atom. The highest BCUT2D eigenvalue weighted by Gasteiger charge is 2.18. The molecule has 0 aromatic carbocycles. The molecule has 0 radical (unpaired) electrons. The fourth-order valence-corrected chi connectivity index (χ4v) is 2.65. The van der Waals surface area contributed by atoms with E-state index in [1.807, 2.05) is 0 Å². The summed E-state index contributed by atoms with van der Waals surface area (Å²) in [7, 11) is 2.19. The SMILES string of the molecule is CCNCC(C(C)C)N(C)Cc1csc(C)n1. The van der Waals surface area contributed by atoms with Gasteiger partial charge in [-0.2, -0.15) is 0 Å². The Bertz CT molecular complexity index is 322. The Morgan fingerprint density at radius 3 is 2.65 bits per heavy atom. The van der Waals surface area contributed by atoms with Crippen molar-refractivity contribution < 1.29 is 0 Å². The average molecular weight is 255 g/mol. The van der Waals surface area contributed by atoms with Gasteiger partial charge >= 0.3 is 0 Å². The molecular formula is C13H25N3S. The molecule has 1 aromatic heterocycles. The summed E-state index contributed by atoms with van der Waals surface area (Å²) in [6.45, 7) is 11.8. The molecule has 1 atom stereocenters. The van der Waals surface area contributed by atoms with E-state index in [4.69, 9.17) is 0 Å². The molecule has 0 fully saturated rings. The molecule has 1 N–H and O–H groups in total. The molecule has 17 heavy (non-hydrogen) atoms. The van der Waals surface area contributed by atoms with E-state index in [1.165, 1.54) is 5.69 Å². The molecule has 0 spiro atoms. The fourth-order valence-electron chi connectivity index (χ4n) is 2.05. The first-order valence-electron chi connectivity index (χ1n) is 6.36. The lowest BCUT2D eigenvalue weighted by Crippen LogP contribution is -2.43. The van der Waals surface area contributed by atoms with E-state index in [9.17, 15) is 0 Å². The van der Waals surface area contributed by atoms with E-state index in [0.29, 0.717) is 12.0 Å². The monoisotopic (exact) mass is 255 g/mol. The first-order chi connectivity index (χ1) is 8.04. The number of hydrogen-bond donors (Lipinski definition) is 1. The van der Waals surface area contributed by atoms with Gasteiger partial charge < -0.3 is 5.32 Å². The second kappa shape index (κ2) is 7.09. The molecule has 1 aromatic rings. The van der Waals surface area contributed by atoms with Crippen molar-refractivity contribution in [1.29, 1.82) is 0 Å². The summed E-state index contributed by atoms with van der Waals surface area (Å²) in [5.41, 5.74) is 1.19. The summed E-state index contributed by atoms with van der Waals surface area (Å²) in [5, 5.41) is 6.76. The Morgan fingerprint density at radius 1 is 1.47 bits per heavy atom. The van der Waals surface area contributed by atoms with E-state index in [0.717, 1.165) is 24.6 Å². The van der Waals surface area contributed by atoms with Gasteiger partial charge in [-0.3, -0.25) is 4.90 Å². The predicted octanol–water partition coefficient (Wildman–Crippen LogP) is 2.52. The van der Waals surface area contributed by atoms with Gasteiger partial charge in [-0.25, -0.2) is 4.98 Å². The van der Waals surface area contributed by atoms with Crippen molar-refractivity contribution in [2.75, 3.05) is 20.1 Å². The third-order valence-corrected chi connectivity index (χ3v) is 3.84. The van der Waals surface area contributed by atoms with Crippen molar-refractivity contribution in [3.05, 3.63) is 16.1 Å². The van der Waals surface area contributed by atoms with E-state index < -0.39 is 0 Å². The maximum Gasteiger partial charge on any atom is 0.0897 e. The zero-order valence-electron chi connectivity index (χ0n) is 11.7. The molecule has 0 aliphatic heterocycles. The van der Waals surface area contributed by atoms with Crippen LogP contribution in [-0.2, 0) is 6.54 Å². The van der Waals surface area contributed by atoms with E-state index in [-0.39, 0.29) is 0 Å². The van der Waals surface area contributed by atoms with Crippen LogP contribution in [0.2, 0.25) is 0 Å². The van der Waals surface area contributed by atoms with Gasteiger partial charge in [0.1, 0.15) is 0 Å². The Labute approximate surface area is 109 Å². The molecule has 0 bridgehead atoms. The number of aromatic nitrogens is 1. The van der Waals surface area contributed by atoms with Crippen LogP contribution in [0.3, 0.4) is 0 Å². The molecule has 0 saturated carbocycles. The highest BCUT2D eigenvalue weighted by atomic mass is 32.1. The molecule has 1 unspecified atom stereocenters. The average Bonchev–Trinajstić information content (AvgIpc) is 2.64. The lowest BCUT2D eigenvalue weighted by Gasteiger charge is -2.31. The molecule has 3 nitrogen and oxygen atoms in total. The van der Waals surface area contributed by atoms with E-state index in [2.05, 4.69) is 55.3 Å². The van der Waals surface area contributed by atoms with Gasteiger partial charge in [0.05, 0.1) is 10.7 Å². The van der Waals surface area contributed by atoms with Crippen LogP contribution in [-0.4, -0.2) is 36.1 Å². The number of nitrogens with one attached hydrogen (secondary N) is 1. The van der Waals surface area contributed by atoms with Crippen LogP contribution < -0.4 is 5.32 Å². The molecule has 0 aliphatic rings. The predicted molar refractivity (Wildman–Crippen MR) is 75.5 cm³/mol. The molecule has 0 amide bonds. The van der Waals surface area contributed by atoms with Gasteiger partial charge in [-0.1, -0.05) is 20.8 Å². The van der Waals surface area contributed by atoms with Crippen molar-refractivity contribution in [2.45, 2.75) is 40.3 Å². The van der Waals surface area contributed by atoms with Crippen LogP contribution in [0.4, 0.5) is 0 Å². The number of nitrogens with zero attached hydrogens (tertiary/aromatic N) is 2. The Hall–Kier alpha value is -0.450. The Kier molecular flexibility index (Phi) is 6.09. The third-order valence-electron chi connectivity index (χ3n) is 3.02. The van der Waals surface area contributed by atoms with Gasteiger partial charge in [0.15, 0.2) is 0 Å². The molecule has 1 heterocycles.